The normalized spacial score (nSPS) is 39.0. The first kappa shape index (κ1) is 30.8. The third-order valence-electron chi connectivity index (χ3n) is 12.5. The summed E-state index contributed by atoms with van der Waals surface area (Å²) in [5.74, 6) is 6.71. The number of esters is 1. The zero-order valence-corrected chi connectivity index (χ0v) is 26.2. The van der Waals surface area contributed by atoms with Crippen molar-refractivity contribution in [2.45, 2.75) is 155 Å². The Morgan fingerprint density at radius 3 is 1.60 bits per heavy atom. The predicted molar refractivity (Wildman–Crippen MR) is 161 cm³/mol. The number of carbonyl (C=O) groups is 1. The van der Waals surface area contributed by atoms with Gasteiger partial charge in [0.15, 0.2) is 0 Å². The SMILES string of the molecule is CC1CCC(C2CCC(COOC(COC(=O)C3CCC(C4CCC(C)CC4)CC3)C3CCCCC3)CC2)CC1. The van der Waals surface area contributed by atoms with Crippen LogP contribution in [-0.4, -0.2) is 25.3 Å². The molecule has 5 fully saturated rings. The molecule has 0 N–H and O–H groups in total. The van der Waals surface area contributed by atoms with Crippen molar-refractivity contribution in [2.24, 2.45) is 53.3 Å². The van der Waals surface area contributed by atoms with E-state index in [0.717, 1.165) is 48.3 Å². The first-order chi connectivity index (χ1) is 19.5. The summed E-state index contributed by atoms with van der Waals surface area (Å²) in [6.45, 7) is 5.91. The molecule has 5 aliphatic rings. The molecule has 0 heterocycles. The molecule has 40 heavy (non-hydrogen) atoms. The Labute approximate surface area is 246 Å². The van der Waals surface area contributed by atoms with Gasteiger partial charge in [0, 0.05) is 0 Å². The minimum atomic E-state index is -0.106. The molecule has 0 spiro atoms. The molecule has 0 amide bonds. The number of carbonyl (C=O) groups excluding carboxylic acids is 1. The Balaban J connectivity index is 1.01. The largest absolute Gasteiger partial charge is 0.463 e. The first-order valence-corrected chi connectivity index (χ1v) is 18.0. The van der Waals surface area contributed by atoms with Crippen molar-refractivity contribution < 1.29 is 19.3 Å². The quantitative estimate of drug-likeness (QED) is 0.152. The van der Waals surface area contributed by atoms with Gasteiger partial charge in [0.25, 0.3) is 0 Å². The van der Waals surface area contributed by atoms with Crippen LogP contribution in [0.3, 0.4) is 0 Å². The second kappa shape index (κ2) is 15.7. The topological polar surface area (TPSA) is 44.8 Å². The van der Waals surface area contributed by atoms with E-state index in [1.807, 2.05) is 0 Å². The summed E-state index contributed by atoms with van der Waals surface area (Å²) in [5, 5.41) is 0. The molecule has 5 aliphatic carbocycles. The average Bonchev–Trinajstić information content (AvgIpc) is 3.00. The monoisotopic (exact) mass is 558 g/mol. The molecule has 1 atom stereocenters. The molecule has 0 radical (unpaired) electrons. The fourth-order valence-corrected chi connectivity index (χ4v) is 9.42. The van der Waals surface area contributed by atoms with Crippen molar-refractivity contribution in [1.82, 2.24) is 0 Å². The number of hydrogen-bond donors (Lipinski definition) is 0. The summed E-state index contributed by atoms with van der Waals surface area (Å²) in [6, 6.07) is 0. The molecule has 230 valence electrons. The molecule has 4 nitrogen and oxygen atoms in total. The van der Waals surface area contributed by atoms with Crippen LogP contribution in [0.2, 0.25) is 0 Å². The number of ether oxygens (including phenoxy) is 1. The third kappa shape index (κ3) is 8.95. The molecule has 4 heteroatoms. The van der Waals surface area contributed by atoms with Crippen LogP contribution < -0.4 is 0 Å². The molecular weight excluding hydrogens is 496 g/mol. The van der Waals surface area contributed by atoms with Gasteiger partial charge in [-0.3, -0.25) is 4.79 Å². The lowest BCUT2D eigenvalue weighted by Crippen LogP contribution is -2.35. The Morgan fingerprint density at radius 1 is 0.600 bits per heavy atom. The highest BCUT2D eigenvalue weighted by atomic mass is 17.2. The number of rotatable bonds is 10. The fraction of sp³-hybridized carbons (Fsp3) is 0.972. The Bertz CT molecular complexity index is 715. The van der Waals surface area contributed by atoms with Crippen LogP contribution in [0, 0.1) is 53.3 Å². The van der Waals surface area contributed by atoms with Crippen LogP contribution in [0.1, 0.15) is 149 Å². The lowest BCUT2D eigenvalue weighted by molar-refractivity contribution is -0.346. The van der Waals surface area contributed by atoms with Gasteiger partial charge in [0.1, 0.15) is 12.7 Å². The highest BCUT2D eigenvalue weighted by Gasteiger charge is 2.35. The van der Waals surface area contributed by atoms with E-state index in [4.69, 9.17) is 14.5 Å². The van der Waals surface area contributed by atoms with Gasteiger partial charge in [-0.25, -0.2) is 9.78 Å². The zero-order valence-electron chi connectivity index (χ0n) is 26.2. The second-order valence-corrected chi connectivity index (χ2v) is 15.4. The smallest absolute Gasteiger partial charge is 0.309 e. The Kier molecular flexibility index (Phi) is 12.1. The van der Waals surface area contributed by atoms with Crippen molar-refractivity contribution in [2.75, 3.05) is 13.2 Å². The van der Waals surface area contributed by atoms with Crippen LogP contribution in [-0.2, 0) is 19.3 Å². The van der Waals surface area contributed by atoms with Crippen LogP contribution in [0.4, 0.5) is 0 Å². The van der Waals surface area contributed by atoms with Crippen molar-refractivity contribution in [1.29, 1.82) is 0 Å². The van der Waals surface area contributed by atoms with Crippen molar-refractivity contribution in [3.8, 4) is 0 Å². The van der Waals surface area contributed by atoms with Crippen LogP contribution in [0.15, 0.2) is 0 Å². The van der Waals surface area contributed by atoms with Gasteiger partial charge >= 0.3 is 5.97 Å². The lowest BCUT2D eigenvalue weighted by atomic mass is 9.69. The summed E-state index contributed by atoms with van der Waals surface area (Å²) in [4.78, 5) is 25.2. The maximum Gasteiger partial charge on any atom is 0.309 e. The van der Waals surface area contributed by atoms with Crippen molar-refractivity contribution in [3.05, 3.63) is 0 Å². The fourth-order valence-electron chi connectivity index (χ4n) is 9.42. The Morgan fingerprint density at radius 2 is 1.07 bits per heavy atom. The van der Waals surface area contributed by atoms with E-state index in [1.165, 1.54) is 122 Å². The van der Waals surface area contributed by atoms with Crippen molar-refractivity contribution in [3.63, 3.8) is 0 Å². The van der Waals surface area contributed by atoms with Gasteiger partial charge in [0.2, 0.25) is 0 Å². The van der Waals surface area contributed by atoms with Crippen LogP contribution in [0.25, 0.3) is 0 Å². The van der Waals surface area contributed by atoms with E-state index in [0.29, 0.717) is 25.0 Å². The van der Waals surface area contributed by atoms with Gasteiger partial charge in [-0.2, -0.15) is 0 Å². The van der Waals surface area contributed by atoms with Gasteiger partial charge < -0.3 is 4.74 Å². The molecule has 0 aliphatic heterocycles. The highest BCUT2D eigenvalue weighted by molar-refractivity contribution is 5.72. The minimum Gasteiger partial charge on any atom is -0.463 e. The van der Waals surface area contributed by atoms with E-state index < -0.39 is 0 Å². The molecule has 5 saturated carbocycles. The average molecular weight is 559 g/mol. The highest BCUT2D eigenvalue weighted by Crippen LogP contribution is 2.43. The summed E-state index contributed by atoms with van der Waals surface area (Å²) >= 11 is 0. The zero-order chi connectivity index (χ0) is 27.7. The summed E-state index contributed by atoms with van der Waals surface area (Å²) < 4.78 is 5.98. The molecule has 0 saturated heterocycles. The minimum absolute atomic E-state index is 0.0237. The van der Waals surface area contributed by atoms with Gasteiger partial charge in [-0.15, -0.1) is 0 Å². The molecule has 0 aromatic heterocycles. The van der Waals surface area contributed by atoms with E-state index >= 15 is 0 Å². The van der Waals surface area contributed by atoms with E-state index in [2.05, 4.69) is 13.8 Å². The third-order valence-corrected chi connectivity index (χ3v) is 12.5. The molecule has 1 unspecified atom stereocenters. The number of hydrogen-bond acceptors (Lipinski definition) is 4. The summed E-state index contributed by atoms with van der Waals surface area (Å²) in [7, 11) is 0. The summed E-state index contributed by atoms with van der Waals surface area (Å²) in [6.07, 6.45) is 27.2. The van der Waals surface area contributed by atoms with Gasteiger partial charge in [-0.05, 0) is 137 Å². The van der Waals surface area contributed by atoms with E-state index in [-0.39, 0.29) is 18.0 Å². The maximum atomic E-state index is 13.1. The van der Waals surface area contributed by atoms with Crippen molar-refractivity contribution >= 4 is 5.97 Å². The van der Waals surface area contributed by atoms with Crippen LogP contribution in [0.5, 0.6) is 0 Å². The second-order valence-electron chi connectivity index (χ2n) is 15.4. The molecule has 0 aromatic carbocycles. The first-order valence-electron chi connectivity index (χ1n) is 18.0. The van der Waals surface area contributed by atoms with Gasteiger partial charge in [0.05, 0.1) is 12.5 Å². The maximum absolute atomic E-state index is 13.1. The van der Waals surface area contributed by atoms with E-state index in [1.54, 1.807) is 0 Å². The molecule has 0 bridgehead atoms. The summed E-state index contributed by atoms with van der Waals surface area (Å²) in [5.41, 5.74) is 0. The van der Waals surface area contributed by atoms with E-state index in [9.17, 15) is 4.79 Å². The molecule has 0 aromatic rings. The molecular formula is C36H62O4. The molecule has 5 rings (SSSR count). The lowest BCUT2D eigenvalue weighted by Gasteiger charge is -2.37. The van der Waals surface area contributed by atoms with Crippen LogP contribution >= 0.6 is 0 Å². The predicted octanol–water partition coefficient (Wildman–Crippen LogP) is 9.69. The Hall–Kier alpha value is -0.610. The standard InChI is InChI=1S/C36H62O4/c1-26-8-14-29(15-9-26)31-18-12-28(13-19-31)24-39-40-35(33-6-4-3-5-7-33)25-38-36(37)34-22-20-32(21-23-34)30-16-10-27(2)11-17-30/h26-35H,3-25H2,1-2H3. The van der Waals surface area contributed by atoms with Gasteiger partial charge in [-0.1, -0.05) is 58.8 Å².